The fraction of sp³-hybridized carbons (Fsp3) is 0.400. The predicted molar refractivity (Wildman–Crippen MR) is 175 cm³/mol. The van der Waals surface area contributed by atoms with Crippen molar-refractivity contribution in [3.8, 4) is 5.75 Å². The molecule has 1 aliphatic heterocycles. The number of aliphatic hydroxyl groups excluding tert-OH is 1. The van der Waals surface area contributed by atoms with E-state index >= 15 is 0 Å². The highest BCUT2D eigenvalue weighted by molar-refractivity contribution is 6.24. The molecule has 0 spiro atoms. The van der Waals surface area contributed by atoms with Gasteiger partial charge in [-0.1, -0.05) is 44.2 Å². The molecule has 1 aliphatic carbocycles. The lowest BCUT2D eigenvalue weighted by atomic mass is 9.85. The third kappa shape index (κ3) is 9.59. The van der Waals surface area contributed by atoms with Crippen molar-refractivity contribution in [1.29, 1.82) is 0 Å². The Balaban J connectivity index is 2.10. The molecule has 258 valence electrons. The molecule has 3 amide bonds. The molecule has 0 aromatic heterocycles. The summed E-state index contributed by atoms with van der Waals surface area (Å²) in [5, 5.41) is 26.2. The van der Waals surface area contributed by atoms with Gasteiger partial charge in [-0.2, -0.15) is 0 Å². The number of nitrogens with two attached hydrogens (primary N) is 1. The van der Waals surface area contributed by atoms with Gasteiger partial charge in [-0.25, -0.2) is 4.79 Å². The minimum atomic E-state index is -1.05. The largest absolute Gasteiger partial charge is 0.508 e. The normalized spacial score (nSPS) is 29.1. The highest BCUT2D eigenvalue weighted by Gasteiger charge is 2.34. The second-order valence-electron chi connectivity index (χ2n) is 11.9. The molecule has 2 aliphatic rings. The average Bonchev–Trinajstić information content (AvgIpc) is 3.03. The van der Waals surface area contributed by atoms with Gasteiger partial charge in [-0.3, -0.25) is 19.2 Å². The molecule has 6 N–H and O–H groups in total. The van der Waals surface area contributed by atoms with Crippen LogP contribution in [0, 0.1) is 11.8 Å². The van der Waals surface area contributed by atoms with E-state index in [0.29, 0.717) is 5.57 Å². The first-order valence-electron chi connectivity index (χ1n) is 15.3. The number of hydrogen-bond acceptors (Lipinski definition) is 10. The summed E-state index contributed by atoms with van der Waals surface area (Å²) in [7, 11) is 2.84. The number of nitrogens with one attached hydrogen (secondary N) is 2. The first-order valence-corrected chi connectivity index (χ1v) is 15.3. The molecular formula is C35H43N3O10. The van der Waals surface area contributed by atoms with Crippen molar-refractivity contribution in [1.82, 2.24) is 10.6 Å². The van der Waals surface area contributed by atoms with Gasteiger partial charge < -0.3 is 40.8 Å². The molecule has 48 heavy (non-hydrogen) atoms. The number of amides is 3. The molecular weight excluding hydrogens is 622 g/mol. The van der Waals surface area contributed by atoms with Crippen LogP contribution in [0.1, 0.15) is 50.9 Å². The number of phenolic OH excluding ortho intramolecular Hbond substituents is 1. The Bertz CT molecular complexity index is 1590. The van der Waals surface area contributed by atoms with Gasteiger partial charge in [0.2, 0.25) is 11.6 Å². The lowest BCUT2D eigenvalue weighted by Gasteiger charge is -2.30. The predicted octanol–water partition coefficient (Wildman–Crippen LogP) is 2.90. The number of rotatable bonds is 5. The van der Waals surface area contributed by atoms with Gasteiger partial charge in [0.15, 0.2) is 6.10 Å². The molecule has 0 fully saturated rings. The highest BCUT2D eigenvalue weighted by atomic mass is 16.6. The monoisotopic (exact) mass is 665 g/mol. The van der Waals surface area contributed by atoms with E-state index in [1.807, 2.05) is 0 Å². The SMILES string of the molecule is CO[C@@H]1/C=C\C=C(\C)C(=O)NC2=CC(=O)C(NC(=O)c3cccc(O)c3)=C(C[C@@H](C)C[C@@H](OC)[C@@H](O)[C@@H](C)/C=C(/C)[C@H]1OC(N)=O)C2=O. The van der Waals surface area contributed by atoms with Crippen molar-refractivity contribution >= 4 is 29.5 Å². The van der Waals surface area contributed by atoms with Crippen molar-refractivity contribution in [3.63, 3.8) is 0 Å². The molecule has 1 aromatic carbocycles. The van der Waals surface area contributed by atoms with Gasteiger partial charge in [0, 0.05) is 42.9 Å². The van der Waals surface area contributed by atoms with Gasteiger partial charge >= 0.3 is 6.09 Å². The second-order valence-corrected chi connectivity index (χ2v) is 11.9. The smallest absolute Gasteiger partial charge is 0.405 e. The Morgan fingerprint density at radius 2 is 1.79 bits per heavy atom. The molecule has 2 bridgehead atoms. The Kier molecular flexibility index (Phi) is 13.2. The van der Waals surface area contributed by atoms with Gasteiger partial charge in [-0.15, -0.1) is 0 Å². The number of carbonyl (C=O) groups excluding carboxylic acids is 5. The van der Waals surface area contributed by atoms with Crippen LogP contribution in [0.4, 0.5) is 4.79 Å². The molecule has 1 aromatic rings. The topological polar surface area (TPSA) is 204 Å². The number of benzene rings is 1. The molecule has 13 nitrogen and oxygen atoms in total. The van der Waals surface area contributed by atoms with Crippen LogP contribution in [0.15, 0.2) is 82.8 Å². The van der Waals surface area contributed by atoms with Crippen molar-refractivity contribution in [2.45, 2.75) is 65.0 Å². The van der Waals surface area contributed by atoms with E-state index in [2.05, 4.69) is 10.6 Å². The Hall–Kier alpha value is -4.85. The van der Waals surface area contributed by atoms with Gasteiger partial charge in [0.05, 0.1) is 23.6 Å². The van der Waals surface area contributed by atoms with Crippen LogP contribution in [-0.4, -0.2) is 78.3 Å². The third-order valence-electron chi connectivity index (χ3n) is 8.14. The van der Waals surface area contributed by atoms with Crippen molar-refractivity contribution in [2.75, 3.05) is 14.2 Å². The van der Waals surface area contributed by atoms with Crippen LogP contribution in [0.25, 0.3) is 0 Å². The molecule has 0 saturated heterocycles. The van der Waals surface area contributed by atoms with E-state index in [1.165, 1.54) is 57.6 Å². The summed E-state index contributed by atoms with van der Waals surface area (Å²) >= 11 is 0. The van der Waals surface area contributed by atoms with Gasteiger partial charge in [0.25, 0.3) is 11.8 Å². The van der Waals surface area contributed by atoms with E-state index in [1.54, 1.807) is 32.9 Å². The van der Waals surface area contributed by atoms with Crippen LogP contribution < -0.4 is 16.4 Å². The summed E-state index contributed by atoms with van der Waals surface area (Å²) in [4.78, 5) is 65.2. The zero-order chi connectivity index (χ0) is 35.7. The van der Waals surface area contributed by atoms with Gasteiger partial charge in [-0.05, 0) is 56.4 Å². The number of methoxy groups -OCH3 is 2. The highest BCUT2D eigenvalue weighted by Crippen LogP contribution is 2.29. The number of phenols is 1. The summed E-state index contributed by atoms with van der Waals surface area (Å²) in [6.07, 6.45) is 2.76. The first-order chi connectivity index (χ1) is 22.7. The number of allylic oxidation sites excluding steroid dienone is 4. The van der Waals surface area contributed by atoms with Crippen LogP contribution in [0.2, 0.25) is 0 Å². The lowest BCUT2D eigenvalue weighted by Crippen LogP contribution is -2.38. The lowest BCUT2D eigenvalue weighted by molar-refractivity contribution is -0.120. The maximum absolute atomic E-state index is 13.8. The van der Waals surface area contributed by atoms with E-state index in [-0.39, 0.29) is 52.6 Å². The maximum atomic E-state index is 13.8. The van der Waals surface area contributed by atoms with Crippen LogP contribution in [0.3, 0.4) is 0 Å². The minimum absolute atomic E-state index is 0.0229. The molecule has 0 radical (unpaired) electrons. The van der Waals surface area contributed by atoms with E-state index in [4.69, 9.17) is 19.9 Å². The zero-order valence-corrected chi connectivity index (χ0v) is 27.8. The van der Waals surface area contributed by atoms with Gasteiger partial charge in [0.1, 0.15) is 11.9 Å². The molecule has 3 rings (SSSR count). The molecule has 1 heterocycles. The summed E-state index contributed by atoms with van der Waals surface area (Å²) in [6, 6.07) is 5.50. The van der Waals surface area contributed by atoms with Crippen LogP contribution in [0.5, 0.6) is 5.75 Å². The van der Waals surface area contributed by atoms with Crippen molar-refractivity contribution < 1.29 is 48.4 Å². The second kappa shape index (κ2) is 16.8. The number of hydrogen-bond donors (Lipinski definition) is 5. The van der Waals surface area contributed by atoms with E-state index < -0.39 is 59.8 Å². The maximum Gasteiger partial charge on any atom is 0.405 e. The zero-order valence-electron chi connectivity index (χ0n) is 27.8. The third-order valence-corrected chi connectivity index (χ3v) is 8.14. The first kappa shape index (κ1) is 37.6. The molecule has 6 atom stereocenters. The number of carbonyl (C=O) groups is 5. The molecule has 0 saturated carbocycles. The minimum Gasteiger partial charge on any atom is -0.508 e. The number of ketones is 2. The Morgan fingerprint density at radius 3 is 2.42 bits per heavy atom. The fourth-order valence-corrected chi connectivity index (χ4v) is 5.55. The summed E-state index contributed by atoms with van der Waals surface area (Å²) in [5.41, 5.74) is 5.54. The summed E-state index contributed by atoms with van der Waals surface area (Å²) in [6.45, 7) is 6.75. The number of Topliss-reactive ketones (excluding diaryl/α,β-unsaturated/α-hetero) is 1. The van der Waals surface area contributed by atoms with E-state index in [9.17, 15) is 34.2 Å². The molecule has 13 heteroatoms. The average molecular weight is 666 g/mol. The number of aromatic hydroxyl groups is 1. The number of primary amides is 1. The van der Waals surface area contributed by atoms with Crippen molar-refractivity contribution in [3.05, 3.63) is 88.3 Å². The Labute approximate surface area is 279 Å². The Morgan fingerprint density at radius 1 is 1.08 bits per heavy atom. The quantitative estimate of drug-likeness (QED) is 0.230. The van der Waals surface area contributed by atoms with E-state index in [0.717, 1.165) is 6.08 Å². The summed E-state index contributed by atoms with van der Waals surface area (Å²) < 4.78 is 16.6. The number of aliphatic hydroxyl groups is 1. The number of ether oxygens (including phenoxy) is 3. The number of fused-ring (bicyclic) bond motifs is 2. The fourth-order valence-electron chi connectivity index (χ4n) is 5.55. The standard InChI is InChI=1S/C35H43N3O10/c1-18-13-24-29(38-34(44)22-10-8-11-23(39)16-22)26(40)17-25(31(24)42)37-33(43)19(2)9-7-12-27(46-5)32(48-35(36)45)21(4)15-20(3)30(41)28(14-18)47-6/h7-12,15-18,20,27-28,30,32,39,41H,13-14H2,1-6H3,(H2,36,45)(H,37,43)(H,38,44)/b12-7-,19-9-,21-15-/t18-,20+,27-,28-,30+,32-/m1/s1. The van der Waals surface area contributed by atoms with Crippen molar-refractivity contribution in [2.24, 2.45) is 17.6 Å². The molecule has 0 unspecified atom stereocenters. The summed E-state index contributed by atoms with van der Waals surface area (Å²) in [5.74, 6) is -3.84. The van der Waals surface area contributed by atoms with Crippen LogP contribution in [-0.2, 0) is 28.6 Å². The van der Waals surface area contributed by atoms with Crippen LogP contribution >= 0.6 is 0 Å².